The third-order valence-electron chi connectivity index (χ3n) is 5.07. The molecule has 5 rings (SSSR count). The van der Waals surface area contributed by atoms with Gasteiger partial charge in [-0.1, -0.05) is 18.2 Å². The van der Waals surface area contributed by atoms with Gasteiger partial charge in [0.1, 0.15) is 11.7 Å². The summed E-state index contributed by atoms with van der Waals surface area (Å²) in [4.78, 5) is 24.2. The van der Waals surface area contributed by atoms with Gasteiger partial charge in [-0.3, -0.25) is 4.79 Å². The molecule has 0 radical (unpaired) electrons. The van der Waals surface area contributed by atoms with E-state index in [4.69, 9.17) is 4.74 Å². The monoisotopic (exact) mass is 366 g/mol. The lowest BCUT2D eigenvalue weighted by molar-refractivity contribution is 0.0694. The van der Waals surface area contributed by atoms with Gasteiger partial charge in [0.05, 0.1) is 22.6 Å². The average molecular weight is 366 g/mol. The van der Waals surface area contributed by atoms with E-state index in [0.29, 0.717) is 23.6 Å². The van der Waals surface area contributed by atoms with Crippen LogP contribution in [0.5, 0.6) is 11.5 Å². The van der Waals surface area contributed by atoms with Crippen LogP contribution >= 0.6 is 0 Å². The SMILES string of the molecule is O=C(O)c1cn(C2CC2F)c2c3c(ccc2c1=O)CNc1ccccc1O3. The van der Waals surface area contributed by atoms with Crippen LogP contribution in [0.3, 0.4) is 0 Å². The molecule has 1 aromatic heterocycles. The van der Waals surface area contributed by atoms with Gasteiger partial charge >= 0.3 is 5.97 Å². The lowest BCUT2D eigenvalue weighted by atomic mass is 10.1. The Morgan fingerprint density at radius 3 is 2.78 bits per heavy atom. The molecule has 7 heteroatoms. The molecule has 2 aliphatic rings. The number of rotatable bonds is 2. The van der Waals surface area contributed by atoms with Crippen LogP contribution in [0.2, 0.25) is 0 Å². The van der Waals surface area contributed by atoms with Crippen molar-refractivity contribution in [1.82, 2.24) is 4.57 Å². The summed E-state index contributed by atoms with van der Waals surface area (Å²) < 4.78 is 21.6. The van der Waals surface area contributed by atoms with Gasteiger partial charge in [-0.05, 0) is 18.2 Å². The number of carboxylic acid groups (broad SMARTS) is 1. The second-order valence-corrected chi connectivity index (χ2v) is 6.81. The van der Waals surface area contributed by atoms with Crippen LogP contribution in [0, 0.1) is 0 Å². The molecule has 1 aliphatic carbocycles. The van der Waals surface area contributed by atoms with Crippen LogP contribution in [0.25, 0.3) is 10.9 Å². The normalized spacial score (nSPS) is 20.0. The predicted octanol–water partition coefficient (Wildman–Crippen LogP) is 3.70. The zero-order valence-corrected chi connectivity index (χ0v) is 14.1. The molecule has 3 aromatic rings. The van der Waals surface area contributed by atoms with Crippen molar-refractivity contribution < 1.29 is 19.0 Å². The molecule has 2 N–H and O–H groups in total. The standard InChI is InChI=1S/C20H15FN2O4/c21-13-7-15(13)23-9-12(20(25)26)18(24)11-6-5-10-8-22-14-3-1-2-4-16(14)27-19(10)17(11)23/h1-6,9,13,15,22H,7-8H2,(H,25,26). The molecule has 6 nitrogen and oxygen atoms in total. The number of pyridine rings is 1. The Morgan fingerprint density at radius 2 is 2.04 bits per heavy atom. The fourth-order valence-electron chi connectivity index (χ4n) is 3.57. The first-order valence-electron chi connectivity index (χ1n) is 8.63. The van der Waals surface area contributed by atoms with Gasteiger partial charge in [0.2, 0.25) is 5.43 Å². The Bertz CT molecular complexity index is 1170. The van der Waals surface area contributed by atoms with Crippen molar-refractivity contribution in [3.05, 3.63) is 63.9 Å². The predicted molar refractivity (Wildman–Crippen MR) is 97.6 cm³/mol. The average Bonchev–Trinajstić information content (AvgIpc) is 3.41. The zero-order chi connectivity index (χ0) is 18.7. The second-order valence-electron chi connectivity index (χ2n) is 6.81. The van der Waals surface area contributed by atoms with E-state index in [1.807, 2.05) is 18.2 Å². The summed E-state index contributed by atoms with van der Waals surface area (Å²) in [6, 6.07) is 10.3. The second kappa shape index (κ2) is 5.57. The topological polar surface area (TPSA) is 80.6 Å². The number of carboxylic acids is 1. The summed E-state index contributed by atoms with van der Waals surface area (Å²) in [7, 11) is 0. The highest BCUT2D eigenvalue weighted by molar-refractivity contribution is 5.95. The molecule has 0 saturated heterocycles. The molecule has 0 amide bonds. The first-order chi connectivity index (χ1) is 13.0. The smallest absolute Gasteiger partial charge is 0.341 e. The molecular formula is C20H15FN2O4. The number of para-hydroxylation sites is 2. The molecule has 1 aliphatic heterocycles. The number of hydrogen-bond acceptors (Lipinski definition) is 4. The maximum Gasteiger partial charge on any atom is 0.341 e. The summed E-state index contributed by atoms with van der Waals surface area (Å²) in [5.74, 6) is -0.273. The summed E-state index contributed by atoms with van der Waals surface area (Å²) in [5.41, 5.74) is 1.10. The number of anilines is 1. The minimum absolute atomic E-state index is 0.215. The van der Waals surface area contributed by atoms with Crippen molar-refractivity contribution in [2.45, 2.75) is 25.2 Å². The number of halogens is 1. The summed E-state index contributed by atoms with van der Waals surface area (Å²) >= 11 is 0. The van der Waals surface area contributed by atoms with Crippen molar-refractivity contribution in [3.63, 3.8) is 0 Å². The van der Waals surface area contributed by atoms with E-state index in [0.717, 1.165) is 11.3 Å². The minimum atomic E-state index is -1.32. The van der Waals surface area contributed by atoms with Crippen LogP contribution in [-0.2, 0) is 6.54 Å². The highest BCUT2D eigenvalue weighted by Crippen LogP contribution is 2.45. The number of aromatic carboxylic acids is 1. The maximum absolute atomic E-state index is 13.9. The van der Waals surface area contributed by atoms with Crippen LogP contribution < -0.4 is 15.5 Å². The Kier molecular flexibility index (Phi) is 3.28. The molecule has 0 bridgehead atoms. The van der Waals surface area contributed by atoms with E-state index >= 15 is 0 Å². The third kappa shape index (κ3) is 2.38. The zero-order valence-electron chi connectivity index (χ0n) is 14.1. The summed E-state index contributed by atoms with van der Waals surface area (Å²) in [5, 5.41) is 12.9. The van der Waals surface area contributed by atoms with Crippen molar-refractivity contribution >= 4 is 22.6 Å². The number of benzene rings is 2. The number of nitrogens with one attached hydrogen (secondary N) is 1. The van der Waals surface area contributed by atoms with E-state index in [-0.39, 0.29) is 17.4 Å². The molecular weight excluding hydrogens is 351 g/mol. The molecule has 0 spiro atoms. The third-order valence-corrected chi connectivity index (χ3v) is 5.07. The Morgan fingerprint density at radius 1 is 1.26 bits per heavy atom. The number of nitrogens with zero attached hydrogens (tertiary/aromatic N) is 1. The van der Waals surface area contributed by atoms with Gasteiger partial charge in [0.25, 0.3) is 0 Å². The lowest BCUT2D eigenvalue weighted by Gasteiger charge is -2.17. The number of aromatic nitrogens is 1. The first-order valence-corrected chi connectivity index (χ1v) is 8.63. The van der Waals surface area contributed by atoms with E-state index in [1.165, 1.54) is 6.20 Å². The number of alkyl halides is 1. The van der Waals surface area contributed by atoms with Gasteiger partial charge < -0.3 is 19.7 Å². The van der Waals surface area contributed by atoms with E-state index < -0.39 is 23.6 Å². The molecule has 1 fully saturated rings. The van der Waals surface area contributed by atoms with Gasteiger partial charge in [-0.25, -0.2) is 9.18 Å². The Balaban J connectivity index is 1.84. The molecule has 27 heavy (non-hydrogen) atoms. The van der Waals surface area contributed by atoms with Crippen LogP contribution in [0.4, 0.5) is 10.1 Å². The first kappa shape index (κ1) is 15.9. The number of hydrogen-bond donors (Lipinski definition) is 2. The molecule has 2 heterocycles. The number of carbonyl (C=O) groups is 1. The summed E-state index contributed by atoms with van der Waals surface area (Å²) in [6.07, 6.45) is 0.463. The molecule has 2 aromatic carbocycles. The van der Waals surface area contributed by atoms with Gasteiger partial charge in [0.15, 0.2) is 11.5 Å². The van der Waals surface area contributed by atoms with Crippen molar-refractivity contribution in [1.29, 1.82) is 0 Å². The molecule has 2 unspecified atom stereocenters. The van der Waals surface area contributed by atoms with E-state index in [2.05, 4.69) is 5.32 Å². The van der Waals surface area contributed by atoms with Crippen molar-refractivity contribution in [3.8, 4) is 11.5 Å². The van der Waals surface area contributed by atoms with Crippen molar-refractivity contribution in [2.24, 2.45) is 0 Å². The van der Waals surface area contributed by atoms with Crippen molar-refractivity contribution in [2.75, 3.05) is 5.32 Å². The Hall–Kier alpha value is -3.35. The fraction of sp³-hybridized carbons (Fsp3) is 0.200. The number of fused-ring (bicyclic) bond motifs is 4. The molecule has 2 atom stereocenters. The van der Waals surface area contributed by atoms with Gasteiger partial charge in [-0.2, -0.15) is 0 Å². The van der Waals surface area contributed by atoms with Crippen LogP contribution in [-0.4, -0.2) is 21.8 Å². The van der Waals surface area contributed by atoms with Crippen LogP contribution in [0.1, 0.15) is 28.4 Å². The van der Waals surface area contributed by atoms with E-state index in [1.54, 1.807) is 22.8 Å². The highest BCUT2D eigenvalue weighted by atomic mass is 19.1. The maximum atomic E-state index is 13.9. The summed E-state index contributed by atoms with van der Waals surface area (Å²) in [6.45, 7) is 0.473. The largest absolute Gasteiger partial charge is 0.477 e. The molecule has 1 saturated carbocycles. The lowest BCUT2D eigenvalue weighted by Crippen LogP contribution is -2.19. The Labute approximate surface area is 152 Å². The van der Waals surface area contributed by atoms with Gasteiger partial charge in [0, 0.05) is 24.7 Å². The molecule has 136 valence electrons. The van der Waals surface area contributed by atoms with E-state index in [9.17, 15) is 19.1 Å². The fourth-order valence-corrected chi connectivity index (χ4v) is 3.57. The quantitative estimate of drug-likeness (QED) is 0.723. The number of ether oxygens (including phenoxy) is 1. The highest BCUT2D eigenvalue weighted by Gasteiger charge is 2.41. The minimum Gasteiger partial charge on any atom is -0.477 e. The van der Waals surface area contributed by atoms with Gasteiger partial charge in [-0.15, -0.1) is 0 Å². The van der Waals surface area contributed by atoms with Crippen LogP contribution in [0.15, 0.2) is 47.4 Å².